The fraction of sp³-hybridized carbons (Fsp3) is 0.500. The minimum absolute atomic E-state index is 0.126. The van der Waals surface area contributed by atoms with Crippen LogP contribution in [-0.4, -0.2) is 66.3 Å². The molecule has 1 amide bonds. The summed E-state index contributed by atoms with van der Waals surface area (Å²) in [5.74, 6) is 0.553. The second-order valence-electron chi connectivity index (χ2n) is 7.72. The predicted octanol–water partition coefficient (Wildman–Crippen LogP) is 1.58. The van der Waals surface area contributed by atoms with Gasteiger partial charge in [0.15, 0.2) is 5.96 Å². The van der Waals surface area contributed by atoms with E-state index < -0.39 is 0 Å². The van der Waals surface area contributed by atoms with Gasteiger partial charge in [0.05, 0.1) is 5.69 Å². The molecule has 0 spiro atoms. The van der Waals surface area contributed by atoms with Crippen molar-refractivity contribution in [1.82, 2.24) is 25.3 Å². The van der Waals surface area contributed by atoms with Crippen molar-refractivity contribution in [2.75, 3.05) is 44.7 Å². The molecule has 1 aliphatic rings. The van der Waals surface area contributed by atoms with Gasteiger partial charge in [-0.25, -0.2) is 4.39 Å². The van der Waals surface area contributed by atoms with E-state index in [0.717, 1.165) is 35.7 Å². The molecule has 1 fully saturated rings. The van der Waals surface area contributed by atoms with E-state index in [4.69, 9.17) is 0 Å². The molecule has 2 heterocycles. The monoisotopic (exact) mass is 429 g/mol. The molecule has 2 N–H and O–H groups in total. The van der Waals surface area contributed by atoms with E-state index in [1.165, 1.54) is 12.1 Å². The van der Waals surface area contributed by atoms with E-state index in [-0.39, 0.29) is 11.7 Å². The lowest BCUT2D eigenvalue weighted by molar-refractivity contribution is -0.131. The minimum atomic E-state index is -0.236. The van der Waals surface area contributed by atoms with Crippen LogP contribution in [0.2, 0.25) is 0 Å². The van der Waals surface area contributed by atoms with Crippen LogP contribution in [0.5, 0.6) is 0 Å². The Balaban J connectivity index is 1.39. The highest BCUT2D eigenvalue weighted by Crippen LogP contribution is 2.17. The molecule has 1 aromatic heterocycles. The Hall–Kier alpha value is -3.10. The number of aromatic nitrogens is 2. The zero-order valence-electron chi connectivity index (χ0n) is 18.8. The predicted molar refractivity (Wildman–Crippen MR) is 121 cm³/mol. The summed E-state index contributed by atoms with van der Waals surface area (Å²) in [5, 5.41) is 10.9. The fourth-order valence-electron chi connectivity index (χ4n) is 3.78. The SMILES string of the molecule is CN=C(NCCC(=O)N1CCN(c2ccc(F)cc2)CC1)NCc1c(C)nn(C)c1C. The van der Waals surface area contributed by atoms with Crippen molar-refractivity contribution < 1.29 is 9.18 Å². The molecule has 0 unspecified atom stereocenters. The molecule has 0 atom stereocenters. The maximum absolute atomic E-state index is 13.1. The molecule has 168 valence electrons. The molecule has 0 radical (unpaired) electrons. The first-order valence-electron chi connectivity index (χ1n) is 10.6. The topological polar surface area (TPSA) is 77.8 Å². The Morgan fingerprint density at radius 2 is 1.81 bits per heavy atom. The molecule has 0 aliphatic carbocycles. The average Bonchev–Trinajstić information content (AvgIpc) is 3.02. The summed E-state index contributed by atoms with van der Waals surface area (Å²) in [7, 11) is 3.65. The molecule has 2 aromatic rings. The second kappa shape index (κ2) is 10.3. The van der Waals surface area contributed by atoms with Crippen molar-refractivity contribution in [2.24, 2.45) is 12.0 Å². The molecule has 0 bridgehead atoms. The third-order valence-corrected chi connectivity index (χ3v) is 5.77. The largest absolute Gasteiger partial charge is 0.368 e. The van der Waals surface area contributed by atoms with Gasteiger partial charge in [0.1, 0.15) is 5.82 Å². The van der Waals surface area contributed by atoms with Crippen molar-refractivity contribution in [3.8, 4) is 0 Å². The first-order chi connectivity index (χ1) is 14.9. The minimum Gasteiger partial charge on any atom is -0.368 e. The summed E-state index contributed by atoms with van der Waals surface area (Å²) in [5.41, 5.74) is 4.26. The third kappa shape index (κ3) is 5.74. The second-order valence-corrected chi connectivity index (χ2v) is 7.72. The number of carbonyl (C=O) groups is 1. The number of aliphatic imine (C=N–C) groups is 1. The number of halogens is 1. The van der Waals surface area contributed by atoms with Gasteiger partial charge < -0.3 is 20.4 Å². The number of rotatable bonds is 6. The van der Waals surface area contributed by atoms with Crippen LogP contribution in [-0.2, 0) is 18.4 Å². The van der Waals surface area contributed by atoms with Crippen LogP contribution in [0.1, 0.15) is 23.4 Å². The van der Waals surface area contributed by atoms with Crippen molar-refractivity contribution in [1.29, 1.82) is 0 Å². The lowest BCUT2D eigenvalue weighted by Gasteiger charge is -2.36. The Bertz CT molecular complexity index is 915. The Labute approximate surface area is 183 Å². The van der Waals surface area contributed by atoms with Crippen LogP contribution < -0.4 is 15.5 Å². The molecule has 1 aromatic carbocycles. The van der Waals surface area contributed by atoms with Crippen LogP contribution >= 0.6 is 0 Å². The average molecular weight is 430 g/mol. The highest BCUT2D eigenvalue weighted by atomic mass is 19.1. The van der Waals surface area contributed by atoms with Gasteiger partial charge in [-0.05, 0) is 38.1 Å². The van der Waals surface area contributed by atoms with Crippen molar-refractivity contribution in [3.05, 3.63) is 47.0 Å². The molecule has 0 saturated carbocycles. The van der Waals surface area contributed by atoms with Gasteiger partial charge in [-0.3, -0.25) is 14.5 Å². The molecule has 1 aliphatic heterocycles. The quantitative estimate of drug-likeness (QED) is 0.539. The third-order valence-electron chi connectivity index (χ3n) is 5.77. The number of anilines is 1. The van der Waals surface area contributed by atoms with Crippen LogP contribution in [0.4, 0.5) is 10.1 Å². The Morgan fingerprint density at radius 1 is 1.13 bits per heavy atom. The summed E-state index contributed by atoms with van der Waals surface area (Å²) in [6, 6.07) is 6.50. The Kier molecular flexibility index (Phi) is 7.49. The zero-order chi connectivity index (χ0) is 22.4. The molecule has 9 heteroatoms. The lowest BCUT2D eigenvalue weighted by Crippen LogP contribution is -2.49. The fourth-order valence-corrected chi connectivity index (χ4v) is 3.78. The highest BCUT2D eigenvalue weighted by molar-refractivity contribution is 5.81. The van der Waals surface area contributed by atoms with Gasteiger partial charge in [-0.2, -0.15) is 5.10 Å². The van der Waals surface area contributed by atoms with Gasteiger partial charge >= 0.3 is 0 Å². The van der Waals surface area contributed by atoms with Crippen LogP contribution in [0, 0.1) is 19.7 Å². The standard InChI is InChI=1S/C22H32FN7O/c1-16-20(17(2)28(4)27-16)15-26-22(24-3)25-10-9-21(31)30-13-11-29(12-14-30)19-7-5-18(23)6-8-19/h5-8H,9-15H2,1-4H3,(H2,24,25,26). The molecule has 1 saturated heterocycles. The van der Waals surface area contributed by atoms with E-state index in [0.29, 0.717) is 38.6 Å². The number of benzene rings is 1. The van der Waals surface area contributed by atoms with Crippen LogP contribution in [0.25, 0.3) is 0 Å². The molecule has 8 nitrogen and oxygen atoms in total. The van der Waals surface area contributed by atoms with Crippen molar-refractivity contribution >= 4 is 17.6 Å². The van der Waals surface area contributed by atoms with E-state index in [1.807, 2.05) is 30.5 Å². The summed E-state index contributed by atoms with van der Waals surface area (Å²) in [4.78, 5) is 20.9. The number of guanidine groups is 1. The zero-order valence-corrected chi connectivity index (χ0v) is 18.8. The summed E-state index contributed by atoms with van der Waals surface area (Å²) in [6.45, 7) is 8.02. The van der Waals surface area contributed by atoms with Crippen LogP contribution in [0.15, 0.2) is 29.3 Å². The Morgan fingerprint density at radius 3 is 2.39 bits per heavy atom. The number of nitrogens with zero attached hydrogens (tertiary/aromatic N) is 5. The maximum atomic E-state index is 13.1. The lowest BCUT2D eigenvalue weighted by atomic mass is 10.2. The summed E-state index contributed by atoms with van der Waals surface area (Å²) in [6.07, 6.45) is 0.405. The van der Waals surface area contributed by atoms with Gasteiger partial charge in [0, 0.05) is 76.7 Å². The van der Waals surface area contributed by atoms with Gasteiger partial charge in [0.2, 0.25) is 5.91 Å². The number of nitrogens with one attached hydrogen (secondary N) is 2. The van der Waals surface area contributed by atoms with Crippen molar-refractivity contribution in [2.45, 2.75) is 26.8 Å². The number of amides is 1. The summed E-state index contributed by atoms with van der Waals surface area (Å²) >= 11 is 0. The maximum Gasteiger partial charge on any atom is 0.224 e. The number of hydrogen-bond donors (Lipinski definition) is 2. The van der Waals surface area contributed by atoms with E-state index in [1.54, 1.807) is 19.2 Å². The number of carbonyl (C=O) groups excluding carboxylic acids is 1. The number of hydrogen-bond acceptors (Lipinski definition) is 4. The molecular weight excluding hydrogens is 397 g/mol. The van der Waals surface area contributed by atoms with E-state index >= 15 is 0 Å². The van der Waals surface area contributed by atoms with Crippen LogP contribution in [0.3, 0.4) is 0 Å². The number of aryl methyl sites for hydroxylation is 2. The smallest absolute Gasteiger partial charge is 0.224 e. The van der Waals surface area contributed by atoms with Crippen molar-refractivity contribution in [3.63, 3.8) is 0 Å². The highest BCUT2D eigenvalue weighted by Gasteiger charge is 2.21. The van der Waals surface area contributed by atoms with E-state index in [9.17, 15) is 9.18 Å². The number of piperazine rings is 1. The van der Waals surface area contributed by atoms with E-state index in [2.05, 4.69) is 25.6 Å². The van der Waals surface area contributed by atoms with Gasteiger partial charge in [-0.15, -0.1) is 0 Å². The first-order valence-corrected chi connectivity index (χ1v) is 10.6. The first kappa shape index (κ1) is 22.6. The summed E-state index contributed by atoms with van der Waals surface area (Å²) < 4.78 is 15.0. The molecule has 31 heavy (non-hydrogen) atoms. The normalized spacial score (nSPS) is 14.7. The molecular formula is C22H32FN7O. The van der Waals surface area contributed by atoms with Gasteiger partial charge in [-0.1, -0.05) is 0 Å². The van der Waals surface area contributed by atoms with Gasteiger partial charge in [0.25, 0.3) is 0 Å². The molecule has 3 rings (SSSR count).